The third-order valence-corrected chi connectivity index (χ3v) is 4.72. The summed E-state index contributed by atoms with van der Waals surface area (Å²) in [5.41, 5.74) is 6.47. The molecule has 3 nitrogen and oxygen atoms in total. The van der Waals surface area contributed by atoms with Gasteiger partial charge >= 0.3 is 0 Å². The lowest BCUT2D eigenvalue weighted by molar-refractivity contribution is -0.0273. The van der Waals surface area contributed by atoms with Gasteiger partial charge in [0.1, 0.15) is 0 Å². The van der Waals surface area contributed by atoms with Crippen molar-refractivity contribution < 1.29 is 13.5 Å². The molecule has 0 spiro atoms. The van der Waals surface area contributed by atoms with E-state index in [1.54, 1.807) is 6.07 Å². The first kappa shape index (κ1) is 16.3. The van der Waals surface area contributed by atoms with Gasteiger partial charge in [-0.15, -0.1) is 0 Å². The SMILES string of the molecule is CCC(C)(C(N)Cc1cccc(F)c1F)N1CCOCC1. The van der Waals surface area contributed by atoms with Gasteiger partial charge in [-0.3, -0.25) is 4.90 Å². The van der Waals surface area contributed by atoms with E-state index in [0.29, 0.717) is 25.2 Å². The Morgan fingerprint density at radius 3 is 2.62 bits per heavy atom. The summed E-state index contributed by atoms with van der Waals surface area (Å²) >= 11 is 0. The highest BCUT2D eigenvalue weighted by molar-refractivity contribution is 5.21. The third kappa shape index (κ3) is 3.42. The molecule has 0 bridgehead atoms. The Bertz CT molecular complexity index is 477. The van der Waals surface area contributed by atoms with Crippen LogP contribution in [0, 0.1) is 11.6 Å². The Morgan fingerprint density at radius 1 is 1.33 bits per heavy atom. The molecule has 1 aromatic carbocycles. The Hall–Kier alpha value is -1.04. The molecule has 1 aromatic rings. The van der Waals surface area contributed by atoms with Gasteiger partial charge in [0.2, 0.25) is 0 Å². The highest BCUT2D eigenvalue weighted by Gasteiger charge is 2.37. The van der Waals surface area contributed by atoms with Crippen molar-refractivity contribution in [2.75, 3.05) is 26.3 Å². The maximum absolute atomic E-state index is 13.8. The number of halogens is 2. The summed E-state index contributed by atoms with van der Waals surface area (Å²) in [6.07, 6.45) is 1.18. The van der Waals surface area contributed by atoms with Gasteiger partial charge in [-0.25, -0.2) is 8.78 Å². The number of nitrogens with two attached hydrogens (primary N) is 1. The quantitative estimate of drug-likeness (QED) is 0.907. The summed E-state index contributed by atoms with van der Waals surface area (Å²) in [4.78, 5) is 2.30. The van der Waals surface area contributed by atoms with Crippen LogP contribution in [0.2, 0.25) is 0 Å². The summed E-state index contributed by atoms with van der Waals surface area (Å²) in [5, 5.41) is 0. The minimum Gasteiger partial charge on any atom is -0.379 e. The second-order valence-corrected chi connectivity index (χ2v) is 5.83. The number of benzene rings is 1. The molecule has 1 aliphatic rings. The fraction of sp³-hybridized carbons (Fsp3) is 0.625. The van der Waals surface area contributed by atoms with Gasteiger partial charge in [-0.05, 0) is 31.4 Å². The van der Waals surface area contributed by atoms with Crippen LogP contribution in [0.25, 0.3) is 0 Å². The molecule has 2 rings (SSSR count). The van der Waals surface area contributed by atoms with Crippen molar-refractivity contribution in [1.29, 1.82) is 0 Å². The Kier molecular flexibility index (Phi) is 5.30. The van der Waals surface area contributed by atoms with Crippen molar-refractivity contribution in [3.63, 3.8) is 0 Å². The van der Waals surface area contributed by atoms with Gasteiger partial charge < -0.3 is 10.5 Å². The molecule has 2 unspecified atom stereocenters. The molecule has 1 fully saturated rings. The molecule has 5 heteroatoms. The molecule has 1 saturated heterocycles. The van der Waals surface area contributed by atoms with Crippen LogP contribution >= 0.6 is 0 Å². The van der Waals surface area contributed by atoms with E-state index in [2.05, 4.69) is 18.7 Å². The number of hydrogen-bond donors (Lipinski definition) is 1. The minimum absolute atomic E-state index is 0.247. The Morgan fingerprint density at radius 2 is 2.00 bits per heavy atom. The lowest BCUT2D eigenvalue weighted by atomic mass is 9.83. The van der Waals surface area contributed by atoms with Gasteiger partial charge in [0.05, 0.1) is 13.2 Å². The number of hydrogen-bond acceptors (Lipinski definition) is 3. The average Bonchev–Trinajstić information content (AvgIpc) is 2.51. The van der Waals surface area contributed by atoms with E-state index < -0.39 is 11.6 Å². The summed E-state index contributed by atoms with van der Waals surface area (Å²) in [6.45, 7) is 7.21. The van der Waals surface area contributed by atoms with Gasteiger partial charge in [-0.2, -0.15) is 0 Å². The standard InChI is InChI=1S/C16H24F2N2O/c1-3-16(2,20-7-9-21-10-8-20)14(19)11-12-5-4-6-13(17)15(12)18/h4-6,14H,3,7-11,19H2,1-2H3. The topological polar surface area (TPSA) is 38.5 Å². The van der Waals surface area contributed by atoms with E-state index in [9.17, 15) is 8.78 Å². The molecule has 0 aromatic heterocycles. The molecule has 1 aliphatic heterocycles. The summed E-state index contributed by atoms with van der Waals surface area (Å²) in [5.74, 6) is -1.60. The fourth-order valence-electron chi connectivity index (χ4n) is 2.96. The number of rotatable bonds is 5. The normalized spacial score (nSPS) is 21.0. The molecule has 2 atom stereocenters. The zero-order valence-corrected chi connectivity index (χ0v) is 12.7. The van der Waals surface area contributed by atoms with Crippen LogP contribution in [-0.4, -0.2) is 42.8 Å². The first-order valence-electron chi connectivity index (χ1n) is 7.50. The minimum atomic E-state index is -0.815. The highest BCUT2D eigenvalue weighted by atomic mass is 19.2. The first-order chi connectivity index (χ1) is 9.99. The summed E-state index contributed by atoms with van der Waals surface area (Å²) < 4.78 is 32.5. The molecule has 21 heavy (non-hydrogen) atoms. The maximum atomic E-state index is 13.8. The van der Waals surface area contributed by atoms with E-state index >= 15 is 0 Å². The number of morpholine rings is 1. The summed E-state index contributed by atoms with van der Waals surface area (Å²) in [6, 6.07) is 3.99. The maximum Gasteiger partial charge on any atom is 0.162 e. The van der Waals surface area contributed by atoms with Gasteiger partial charge in [-0.1, -0.05) is 19.1 Å². The van der Waals surface area contributed by atoms with Crippen molar-refractivity contribution in [3.05, 3.63) is 35.4 Å². The molecular formula is C16H24F2N2O. The third-order valence-electron chi connectivity index (χ3n) is 4.72. The zero-order chi connectivity index (χ0) is 15.5. The van der Waals surface area contributed by atoms with E-state index in [1.807, 2.05) is 0 Å². The van der Waals surface area contributed by atoms with E-state index in [-0.39, 0.29) is 11.6 Å². The molecule has 2 N–H and O–H groups in total. The molecule has 0 saturated carbocycles. The average molecular weight is 298 g/mol. The van der Waals surface area contributed by atoms with Crippen molar-refractivity contribution in [2.24, 2.45) is 5.73 Å². The van der Waals surface area contributed by atoms with Crippen LogP contribution in [0.5, 0.6) is 0 Å². The Labute approximate surface area is 125 Å². The number of nitrogens with zero attached hydrogens (tertiary/aromatic N) is 1. The fourth-order valence-corrected chi connectivity index (χ4v) is 2.96. The monoisotopic (exact) mass is 298 g/mol. The van der Waals surface area contributed by atoms with Crippen LogP contribution in [-0.2, 0) is 11.2 Å². The highest BCUT2D eigenvalue weighted by Crippen LogP contribution is 2.26. The first-order valence-corrected chi connectivity index (χ1v) is 7.50. The van der Waals surface area contributed by atoms with Crippen molar-refractivity contribution >= 4 is 0 Å². The van der Waals surface area contributed by atoms with Gasteiger partial charge in [0.15, 0.2) is 11.6 Å². The van der Waals surface area contributed by atoms with Crippen LogP contribution in [0.3, 0.4) is 0 Å². The van der Waals surface area contributed by atoms with Crippen molar-refractivity contribution in [1.82, 2.24) is 4.90 Å². The summed E-state index contributed by atoms with van der Waals surface area (Å²) in [7, 11) is 0. The van der Waals surface area contributed by atoms with E-state index in [1.165, 1.54) is 6.07 Å². The molecule has 1 heterocycles. The molecule has 118 valence electrons. The van der Waals surface area contributed by atoms with Crippen molar-refractivity contribution in [2.45, 2.75) is 38.3 Å². The van der Waals surface area contributed by atoms with E-state index in [4.69, 9.17) is 10.5 Å². The van der Waals surface area contributed by atoms with Gasteiger partial charge in [0, 0.05) is 24.7 Å². The van der Waals surface area contributed by atoms with Crippen molar-refractivity contribution in [3.8, 4) is 0 Å². The lowest BCUT2D eigenvalue weighted by Crippen LogP contribution is -2.61. The van der Waals surface area contributed by atoms with E-state index in [0.717, 1.165) is 25.6 Å². The zero-order valence-electron chi connectivity index (χ0n) is 12.7. The lowest BCUT2D eigenvalue weighted by Gasteiger charge is -2.46. The molecular weight excluding hydrogens is 274 g/mol. The van der Waals surface area contributed by atoms with Crippen LogP contribution < -0.4 is 5.73 Å². The largest absolute Gasteiger partial charge is 0.379 e. The molecule has 0 amide bonds. The van der Waals surface area contributed by atoms with Crippen LogP contribution in [0.4, 0.5) is 8.78 Å². The van der Waals surface area contributed by atoms with Crippen LogP contribution in [0.15, 0.2) is 18.2 Å². The van der Waals surface area contributed by atoms with Gasteiger partial charge in [0.25, 0.3) is 0 Å². The smallest absolute Gasteiger partial charge is 0.162 e. The predicted molar refractivity (Wildman–Crippen MR) is 79.1 cm³/mol. The Balaban J connectivity index is 2.15. The molecule has 0 radical (unpaired) electrons. The molecule has 0 aliphatic carbocycles. The second-order valence-electron chi connectivity index (χ2n) is 5.83. The predicted octanol–water partition coefficient (Wildman–Crippen LogP) is 2.34. The van der Waals surface area contributed by atoms with Crippen LogP contribution in [0.1, 0.15) is 25.8 Å². The second kappa shape index (κ2) is 6.81. The number of ether oxygens (including phenoxy) is 1.